The Labute approximate surface area is 222 Å². The molecule has 7 heteroatoms. The summed E-state index contributed by atoms with van der Waals surface area (Å²) in [6, 6.07) is 19.7. The molecule has 0 bridgehead atoms. The van der Waals surface area contributed by atoms with E-state index in [2.05, 4.69) is 16.7 Å². The van der Waals surface area contributed by atoms with Gasteiger partial charge in [0, 0.05) is 29.2 Å². The minimum Gasteiger partial charge on any atom is -0.339 e. The lowest BCUT2D eigenvalue weighted by Crippen LogP contribution is -2.30. The van der Waals surface area contributed by atoms with Crippen LogP contribution in [-0.4, -0.2) is 42.9 Å². The molecule has 0 aliphatic carbocycles. The van der Waals surface area contributed by atoms with Gasteiger partial charge in [0.1, 0.15) is 0 Å². The highest BCUT2D eigenvalue weighted by atomic mass is 35.5. The molecule has 2 N–H and O–H groups in total. The van der Waals surface area contributed by atoms with Gasteiger partial charge in [-0.15, -0.1) is 11.3 Å². The molecule has 188 valence electrons. The van der Waals surface area contributed by atoms with Gasteiger partial charge >= 0.3 is 0 Å². The number of anilines is 1. The minimum atomic E-state index is -0.0685. The second kappa shape index (κ2) is 12.3. The highest BCUT2D eigenvalue weighted by molar-refractivity contribution is 7.16. The summed E-state index contributed by atoms with van der Waals surface area (Å²) in [7, 11) is 0. The Bertz CT molecular complexity index is 1240. The molecule has 1 aliphatic heterocycles. The maximum Gasteiger partial charge on any atom is 0.253 e. The van der Waals surface area contributed by atoms with Gasteiger partial charge in [0.15, 0.2) is 0 Å². The molecule has 0 spiro atoms. The van der Waals surface area contributed by atoms with Crippen LogP contribution in [0.15, 0.2) is 66.2 Å². The average Bonchev–Trinajstić information content (AvgIpc) is 3.30. The normalized spacial score (nSPS) is 13.4. The summed E-state index contributed by atoms with van der Waals surface area (Å²) in [5, 5.41) is 6.47. The molecule has 1 aliphatic rings. The van der Waals surface area contributed by atoms with Gasteiger partial charge in [0.25, 0.3) is 5.91 Å². The maximum absolute atomic E-state index is 12.8. The van der Waals surface area contributed by atoms with Crippen LogP contribution in [0, 0.1) is 0 Å². The van der Waals surface area contributed by atoms with Crippen LogP contribution in [0.3, 0.4) is 0 Å². The number of carbonyl (C=O) groups excluding carboxylic acids is 2. The van der Waals surface area contributed by atoms with Gasteiger partial charge in [0.05, 0.1) is 10.8 Å². The van der Waals surface area contributed by atoms with Crippen LogP contribution in [0.25, 0.3) is 5.57 Å². The second-order valence-corrected chi connectivity index (χ2v) is 10.6. The predicted molar refractivity (Wildman–Crippen MR) is 150 cm³/mol. The van der Waals surface area contributed by atoms with Crippen LogP contribution >= 0.6 is 22.9 Å². The quantitative estimate of drug-likeness (QED) is 0.368. The Morgan fingerprint density at radius 1 is 0.944 bits per heavy atom. The summed E-state index contributed by atoms with van der Waals surface area (Å²) >= 11 is 7.43. The predicted octanol–water partition coefficient (Wildman–Crippen LogP) is 6.25. The summed E-state index contributed by atoms with van der Waals surface area (Å²) < 4.78 is 0.683. The SMILES string of the molecule is CCN(CC)C(=O)c1ccc(C(=C2CCNCC2)c2cccc(NC(=O)Cc3ccc(Cl)s3)c2)cc1. The number of amides is 2. The Kier molecular flexibility index (Phi) is 8.97. The molecule has 0 saturated carbocycles. The summed E-state index contributed by atoms with van der Waals surface area (Å²) in [6.07, 6.45) is 2.22. The van der Waals surface area contributed by atoms with E-state index >= 15 is 0 Å². The molecule has 0 radical (unpaired) electrons. The molecule has 2 aromatic carbocycles. The maximum atomic E-state index is 12.8. The third-order valence-corrected chi connectivity index (χ3v) is 7.66. The van der Waals surface area contributed by atoms with Crippen molar-refractivity contribution in [2.45, 2.75) is 33.1 Å². The van der Waals surface area contributed by atoms with Crippen molar-refractivity contribution in [1.82, 2.24) is 10.2 Å². The van der Waals surface area contributed by atoms with E-state index in [9.17, 15) is 9.59 Å². The number of hydrogen-bond donors (Lipinski definition) is 2. The van der Waals surface area contributed by atoms with E-state index in [0.717, 1.165) is 47.6 Å². The molecular formula is C29H32ClN3O2S. The van der Waals surface area contributed by atoms with Crippen molar-refractivity contribution >= 4 is 46.0 Å². The summed E-state index contributed by atoms with van der Waals surface area (Å²) in [5.74, 6) is -0.0136. The topological polar surface area (TPSA) is 61.4 Å². The first-order valence-electron chi connectivity index (χ1n) is 12.5. The lowest BCUT2D eigenvalue weighted by atomic mass is 9.88. The van der Waals surface area contributed by atoms with Gasteiger partial charge in [-0.1, -0.05) is 41.4 Å². The lowest BCUT2D eigenvalue weighted by Gasteiger charge is -2.22. The van der Waals surface area contributed by atoms with E-state index < -0.39 is 0 Å². The third-order valence-electron chi connectivity index (χ3n) is 6.43. The van der Waals surface area contributed by atoms with Crippen molar-refractivity contribution in [2.75, 3.05) is 31.5 Å². The molecule has 0 atom stereocenters. The van der Waals surface area contributed by atoms with Gasteiger partial charge in [-0.3, -0.25) is 9.59 Å². The highest BCUT2D eigenvalue weighted by Gasteiger charge is 2.17. The number of hydrogen-bond acceptors (Lipinski definition) is 4. The Hall–Kier alpha value is -2.93. The van der Waals surface area contributed by atoms with Crippen molar-refractivity contribution < 1.29 is 9.59 Å². The number of nitrogens with one attached hydrogen (secondary N) is 2. The fraction of sp³-hybridized carbons (Fsp3) is 0.310. The average molecular weight is 522 g/mol. The number of thiophene rings is 1. The minimum absolute atomic E-state index is 0.0550. The molecule has 1 saturated heterocycles. The summed E-state index contributed by atoms with van der Waals surface area (Å²) in [4.78, 5) is 28.2. The largest absolute Gasteiger partial charge is 0.339 e. The van der Waals surface area contributed by atoms with Crippen LogP contribution in [0.5, 0.6) is 0 Å². The standard InChI is InChI=1S/C29H32ClN3O2S/c1-3-33(4-2)29(35)22-10-8-20(9-11-22)28(21-14-16-31-17-15-21)23-6-5-7-24(18-23)32-27(34)19-25-12-13-26(30)36-25/h5-13,18,31H,3-4,14-17,19H2,1-2H3,(H,32,34). The van der Waals surface area contributed by atoms with Crippen molar-refractivity contribution in [1.29, 1.82) is 0 Å². The first-order chi connectivity index (χ1) is 17.5. The van der Waals surface area contributed by atoms with Gasteiger partial charge in [-0.05, 0) is 92.9 Å². The van der Waals surface area contributed by atoms with Crippen molar-refractivity contribution in [3.8, 4) is 0 Å². The molecule has 4 rings (SSSR count). The number of rotatable bonds is 8. The van der Waals surface area contributed by atoms with Gasteiger partial charge in [-0.2, -0.15) is 0 Å². The first-order valence-corrected chi connectivity index (χ1v) is 13.6. The zero-order valence-corrected chi connectivity index (χ0v) is 22.3. The zero-order chi connectivity index (χ0) is 25.5. The van der Waals surface area contributed by atoms with E-state index in [-0.39, 0.29) is 11.8 Å². The Balaban J connectivity index is 1.61. The van der Waals surface area contributed by atoms with E-state index in [1.807, 2.05) is 73.3 Å². The molecular weight excluding hydrogens is 490 g/mol. The van der Waals surface area contributed by atoms with E-state index in [0.29, 0.717) is 29.4 Å². The van der Waals surface area contributed by atoms with Crippen LogP contribution in [-0.2, 0) is 11.2 Å². The van der Waals surface area contributed by atoms with Crippen molar-refractivity contribution in [3.63, 3.8) is 0 Å². The molecule has 1 fully saturated rings. The monoisotopic (exact) mass is 521 g/mol. The van der Waals surface area contributed by atoms with E-state index in [1.165, 1.54) is 22.5 Å². The second-order valence-electron chi connectivity index (χ2n) is 8.79. The van der Waals surface area contributed by atoms with Crippen molar-refractivity contribution in [2.24, 2.45) is 0 Å². The van der Waals surface area contributed by atoms with E-state index in [1.54, 1.807) is 0 Å². The van der Waals surface area contributed by atoms with Gasteiger partial charge < -0.3 is 15.5 Å². The zero-order valence-electron chi connectivity index (χ0n) is 20.8. The smallest absolute Gasteiger partial charge is 0.253 e. The summed E-state index contributed by atoms with van der Waals surface area (Å²) in [5.41, 5.74) is 6.17. The van der Waals surface area contributed by atoms with Crippen LogP contribution in [0.2, 0.25) is 4.34 Å². The lowest BCUT2D eigenvalue weighted by molar-refractivity contribution is -0.115. The molecule has 5 nitrogen and oxygen atoms in total. The number of benzene rings is 2. The number of piperidine rings is 1. The first kappa shape index (κ1) is 26.1. The number of carbonyl (C=O) groups is 2. The molecule has 0 unspecified atom stereocenters. The third kappa shape index (κ3) is 6.44. The van der Waals surface area contributed by atoms with Crippen LogP contribution in [0.1, 0.15) is 53.1 Å². The van der Waals surface area contributed by atoms with Gasteiger partial charge in [0.2, 0.25) is 5.91 Å². The highest BCUT2D eigenvalue weighted by Crippen LogP contribution is 2.33. The molecule has 2 heterocycles. The fourth-order valence-corrected chi connectivity index (χ4v) is 5.68. The molecule has 36 heavy (non-hydrogen) atoms. The van der Waals surface area contributed by atoms with Crippen LogP contribution < -0.4 is 10.6 Å². The Morgan fingerprint density at radius 2 is 1.64 bits per heavy atom. The van der Waals surface area contributed by atoms with Crippen LogP contribution in [0.4, 0.5) is 5.69 Å². The Morgan fingerprint density at radius 3 is 2.28 bits per heavy atom. The van der Waals surface area contributed by atoms with Gasteiger partial charge in [-0.25, -0.2) is 0 Å². The molecule has 3 aromatic rings. The fourth-order valence-electron chi connectivity index (χ4n) is 4.59. The number of nitrogens with zero attached hydrogens (tertiary/aromatic N) is 1. The molecule has 1 aromatic heterocycles. The number of halogens is 1. The summed E-state index contributed by atoms with van der Waals surface area (Å²) in [6.45, 7) is 7.26. The van der Waals surface area contributed by atoms with E-state index in [4.69, 9.17) is 11.6 Å². The molecule has 2 amide bonds. The van der Waals surface area contributed by atoms with Crippen molar-refractivity contribution in [3.05, 3.63) is 92.1 Å².